The van der Waals surface area contributed by atoms with Crippen LogP contribution in [0.25, 0.3) is 71.6 Å². The molecule has 0 fully saturated rings. The Morgan fingerprint density at radius 3 is 1.42 bits per heavy atom. The Bertz CT molecular complexity index is 2600. The number of nitrogens with zero attached hydrogens (tertiary/aromatic N) is 2. The molecule has 0 N–H and O–H groups in total. The van der Waals surface area contributed by atoms with Gasteiger partial charge >= 0.3 is 0 Å². The molecule has 1 heterocycles. The third-order valence-electron chi connectivity index (χ3n) is 11.8. The Kier molecular flexibility index (Phi) is 7.83. The quantitative estimate of drug-likeness (QED) is 0.147. The molecule has 0 aliphatic carbocycles. The maximum absolute atomic E-state index is 4.92. The molecule has 50 heavy (non-hydrogen) atoms. The van der Waals surface area contributed by atoms with Gasteiger partial charge in [0.2, 0.25) is 0 Å². The van der Waals surface area contributed by atoms with E-state index in [1.54, 1.807) is 0 Å². The summed E-state index contributed by atoms with van der Waals surface area (Å²) in [5, 5.41) is 5.44. The first-order chi connectivity index (χ1) is 24.1. The monoisotopic (exact) mass is 632 g/mol. The summed E-state index contributed by atoms with van der Waals surface area (Å²) in [5.41, 5.74) is 21.8. The number of hydrogen-bond acceptors (Lipinski definition) is 1. The highest BCUT2D eigenvalue weighted by Gasteiger charge is 2.25. The lowest BCUT2D eigenvalue weighted by Crippen LogP contribution is -2.50. The van der Waals surface area contributed by atoms with Crippen LogP contribution in [0.4, 0.5) is 0 Å². The second-order valence-electron chi connectivity index (χ2n) is 14.2. The summed E-state index contributed by atoms with van der Waals surface area (Å²) in [6.07, 6.45) is 0. The van der Waals surface area contributed by atoms with Crippen molar-refractivity contribution in [3.8, 4) is 39.1 Å². The molecule has 0 spiro atoms. The molecule has 0 bridgehead atoms. The van der Waals surface area contributed by atoms with Crippen molar-refractivity contribution in [3.63, 3.8) is 0 Å². The molecule has 1 aromatic heterocycles. The van der Waals surface area contributed by atoms with Crippen molar-refractivity contribution in [1.82, 2.24) is 9.55 Å². The normalized spacial score (nSPS) is 11.5. The second-order valence-corrected chi connectivity index (χ2v) is 14.2. The van der Waals surface area contributed by atoms with E-state index < -0.39 is 0 Å². The topological polar surface area (TPSA) is 17.8 Å². The predicted octanol–water partition coefficient (Wildman–Crippen LogP) is -3.29. The van der Waals surface area contributed by atoms with E-state index in [9.17, 15) is 0 Å². The van der Waals surface area contributed by atoms with E-state index in [0.717, 1.165) is 22.5 Å². The van der Waals surface area contributed by atoms with Crippen LogP contribution < -0.4 is 43.7 Å². The molecule has 0 saturated carbocycles. The van der Waals surface area contributed by atoms with Gasteiger partial charge in [-0.1, -0.05) is 101 Å². The van der Waals surface area contributed by atoms with E-state index in [1.165, 1.54) is 98.6 Å². The van der Waals surface area contributed by atoms with Crippen molar-refractivity contribution < 1.29 is 0 Å². The number of rotatable bonds is 4. The van der Waals surface area contributed by atoms with Crippen molar-refractivity contribution in [2.75, 3.05) is 0 Å². The van der Waals surface area contributed by atoms with Crippen molar-refractivity contribution in [2.24, 2.45) is 0 Å². The molecule has 0 radical (unpaired) electrons. The van der Waals surface area contributed by atoms with Crippen molar-refractivity contribution in [3.05, 3.63) is 109 Å². The molecular weight excluding hydrogens is 595 g/mol. The van der Waals surface area contributed by atoms with E-state index in [4.69, 9.17) is 4.98 Å². The number of hydrogen-bond donors (Lipinski definition) is 0. The highest BCUT2D eigenvalue weighted by Crippen LogP contribution is 2.41. The van der Waals surface area contributed by atoms with E-state index in [-0.39, 0.29) is 0 Å². The van der Waals surface area contributed by atoms with Crippen LogP contribution in [0.2, 0.25) is 0 Å². The minimum absolute atomic E-state index is 0.990. The van der Waals surface area contributed by atoms with E-state index in [0.29, 0.717) is 0 Å². The van der Waals surface area contributed by atoms with Gasteiger partial charge in [0.05, 0.1) is 11.0 Å². The lowest BCUT2D eigenvalue weighted by atomic mass is 9.59. The Balaban J connectivity index is 1.54. The summed E-state index contributed by atoms with van der Waals surface area (Å²) in [5.74, 6) is 0.990. The van der Waals surface area contributed by atoms with Gasteiger partial charge in [-0.05, 0) is 86.1 Å². The van der Waals surface area contributed by atoms with E-state index in [1.807, 2.05) is 0 Å². The Morgan fingerprint density at radius 1 is 0.420 bits per heavy atom. The van der Waals surface area contributed by atoms with E-state index >= 15 is 0 Å². The zero-order valence-electron chi connectivity index (χ0n) is 30.7. The molecule has 8 rings (SSSR count). The van der Waals surface area contributed by atoms with Crippen molar-refractivity contribution in [1.29, 1.82) is 0 Å². The molecule has 2 nitrogen and oxygen atoms in total. The molecular formula is C40H36B8N2. The fourth-order valence-corrected chi connectivity index (χ4v) is 8.44. The van der Waals surface area contributed by atoms with Gasteiger partial charge < -0.3 is 0 Å². The number of aryl methyl sites for hydroxylation is 1. The molecule has 7 aromatic carbocycles. The van der Waals surface area contributed by atoms with Crippen LogP contribution in [0, 0.1) is 6.92 Å². The van der Waals surface area contributed by atoms with Crippen LogP contribution >= 0.6 is 0 Å². The molecule has 0 aliphatic rings. The SMILES string of the molecule is Bc1c(B)c(B)c2c(-c3cccc(-n4c(C)nc5ccccc54)c3)c3c(B)c(B)c(B)c(B)c3c(-c3ccc(-c4ccccc4)cc3)c2c1B. The summed E-state index contributed by atoms with van der Waals surface area (Å²) in [6.45, 7) is 2.11. The fourth-order valence-electron chi connectivity index (χ4n) is 8.44. The predicted molar refractivity (Wildman–Crippen MR) is 243 cm³/mol. The smallest absolute Gasteiger partial charge is 0.139 e. The first kappa shape index (κ1) is 32.3. The summed E-state index contributed by atoms with van der Waals surface area (Å²) < 4.78 is 2.30. The number of fused-ring (bicyclic) bond motifs is 3. The van der Waals surface area contributed by atoms with Gasteiger partial charge in [0, 0.05) is 5.69 Å². The van der Waals surface area contributed by atoms with Crippen LogP contribution in [0.15, 0.2) is 103 Å². The summed E-state index contributed by atoms with van der Waals surface area (Å²) in [6, 6.07) is 37.6. The molecule has 0 atom stereocenters. The third kappa shape index (κ3) is 4.79. The maximum Gasteiger partial charge on any atom is 0.139 e. The van der Waals surface area contributed by atoms with Gasteiger partial charge in [-0.3, -0.25) is 4.57 Å². The van der Waals surface area contributed by atoms with Crippen LogP contribution in [0.5, 0.6) is 0 Å². The van der Waals surface area contributed by atoms with Gasteiger partial charge in [0.15, 0.2) is 0 Å². The Labute approximate surface area is 302 Å². The highest BCUT2D eigenvalue weighted by atomic mass is 15.1. The first-order valence-corrected chi connectivity index (χ1v) is 17.7. The van der Waals surface area contributed by atoms with Crippen LogP contribution in [-0.2, 0) is 0 Å². The number of benzene rings is 7. The first-order valence-electron chi connectivity index (χ1n) is 17.7. The minimum atomic E-state index is 0.990. The largest absolute Gasteiger partial charge is 0.297 e. The zero-order valence-corrected chi connectivity index (χ0v) is 30.7. The second kappa shape index (κ2) is 12.1. The number of imidazole rings is 1. The molecule has 10 heteroatoms. The standard InChI is InChI=1S/C40H36B8N2/c1-19-49-25-12-5-6-13-26(25)50(19)24-11-7-10-23(18-24)28-31-29(33(41)37(45)39(47)35(31)43)27(30-32(28)36(44)40(48)38(46)34(30)42)22-16-14-21(15-17-22)20-8-3-2-4-9-20/h2-18H,41-48H2,1H3. The third-order valence-corrected chi connectivity index (χ3v) is 11.8. The lowest BCUT2D eigenvalue weighted by Gasteiger charge is -2.28. The van der Waals surface area contributed by atoms with Gasteiger partial charge in [-0.2, -0.15) is 0 Å². The van der Waals surface area contributed by atoms with Gasteiger partial charge in [0.1, 0.15) is 68.6 Å². The summed E-state index contributed by atoms with van der Waals surface area (Å²) >= 11 is 0. The average molecular weight is 631 g/mol. The number of aromatic nitrogens is 2. The Hall–Kier alpha value is -4.95. The molecule has 8 aromatic rings. The zero-order chi connectivity index (χ0) is 35.0. The maximum atomic E-state index is 4.92. The van der Waals surface area contributed by atoms with Gasteiger partial charge in [0.25, 0.3) is 0 Å². The molecule has 0 aliphatic heterocycles. The van der Waals surface area contributed by atoms with Crippen molar-refractivity contribution in [2.45, 2.75) is 6.92 Å². The highest BCUT2D eigenvalue weighted by molar-refractivity contribution is 6.71. The Morgan fingerprint density at radius 2 is 0.860 bits per heavy atom. The molecule has 0 saturated heterocycles. The van der Waals surface area contributed by atoms with Crippen molar-refractivity contribution >= 4 is 139 Å². The average Bonchev–Trinajstić information content (AvgIpc) is 3.49. The van der Waals surface area contributed by atoms with Gasteiger partial charge in [-0.25, -0.2) is 4.98 Å². The summed E-state index contributed by atoms with van der Waals surface area (Å²) in [4.78, 5) is 4.92. The van der Waals surface area contributed by atoms with E-state index in [2.05, 4.69) is 177 Å². The van der Waals surface area contributed by atoms with Crippen LogP contribution in [-0.4, -0.2) is 72.3 Å². The number of para-hydroxylation sites is 2. The lowest BCUT2D eigenvalue weighted by molar-refractivity contribution is 1.00. The summed E-state index contributed by atoms with van der Waals surface area (Å²) in [7, 11) is 18.5. The molecule has 0 unspecified atom stereocenters. The van der Waals surface area contributed by atoms with Crippen LogP contribution in [0.3, 0.4) is 0 Å². The molecule has 0 amide bonds. The minimum Gasteiger partial charge on any atom is -0.297 e. The fraction of sp³-hybridized carbons (Fsp3) is 0.0250. The van der Waals surface area contributed by atoms with Gasteiger partial charge in [-0.15, -0.1) is 21.9 Å². The van der Waals surface area contributed by atoms with Crippen LogP contribution in [0.1, 0.15) is 5.82 Å². The molecule has 230 valence electrons.